The van der Waals surface area contributed by atoms with E-state index in [2.05, 4.69) is 21.2 Å². The number of hydrogen-bond donors (Lipinski definition) is 1. The van der Waals surface area contributed by atoms with Crippen LogP contribution >= 0.6 is 15.9 Å². The van der Waals surface area contributed by atoms with E-state index in [0.717, 1.165) is 11.8 Å². The number of nitrogens with zero attached hydrogens (tertiary/aromatic N) is 1. The van der Waals surface area contributed by atoms with E-state index in [1.54, 1.807) is 12.1 Å². The van der Waals surface area contributed by atoms with Gasteiger partial charge in [-0.2, -0.15) is 4.31 Å². The smallest absolute Gasteiger partial charge is 0.243 e. The van der Waals surface area contributed by atoms with Crippen LogP contribution in [-0.4, -0.2) is 36.5 Å². The van der Waals surface area contributed by atoms with Crippen LogP contribution in [0.5, 0.6) is 0 Å². The summed E-state index contributed by atoms with van der Waals surface area (Å²) in [6, 6.07) is 6.12. The molecule has 0 aliphatic heterocycles. The number of anilines is 1. The Morgan fingerprint density at radius 3 is 2.29 bits per heavy atom. The Labute approximate surface area is 134 Å². The van der Waals surface area contributed by atoms with Gasteiger partial charge < -0.3 is 5.32 Å². The van der Waals surface area contributed by atoms with Gasteiger partial charge in [-0.1, -0.05) is 15.9 Å². The van der Waals surface area contributed by atoms with E-state index >= 15 is 0 Å². The van der Waals surface area contributed by atoms with Crippen molar-refractivity contribution in [1.29, 1.82) is 0 Å². The fourth-order valence-electron chi connectivity index (χ4n) is 1.92. The zero-order valence-electron chi connectivity index (χ0n) is 12.5. The average Bonchev–Trinajstić information content (AvgIpc) is 2.38. The van der Waals surface area contributed by atoms with Gasteiger partial charge in [0.2, 0.25) is 15.9 Å². The maximum atomic E-state index is 12.6. The summed E-state index contributed by atoms with van der Waals surface area (Å²) in [6.45, 7) is 5.60. The molecule has 0 unspecified atom stereocenters. The second-order valence-corrected chi connectivity index (χ2v) is 7.64. The molecule has 0 aliphatic carbocycles. The molecule has 5 nitrogen and oxygen atoms in total. The Balaban J connectivity index is 3.02. The van der Waals surface area contributed by atoms with Crippen LogP contribution in [0.1, 0.15) is 27.2 Å². The largest absolute Gasteiger partial charge is 0.326 e. The maximum Gasteiger partial charge on any atom is 0.243 e. The third-order valence-electron chi connectivity index (χ3n) is 2.87. The molecule has 0 bridgehead atoms. The van der Waals surface area contributed by atoms with Gasteiger partial charge in [-0.15, -0.1) is 0 Å². The van der Waals surface area contributed by atoms with Crippen molar-refractivity contribution in [3.05, 3.63) is 24.3 Å². The van der Waals surface area contributed by atoms with Gasteiger partial charge in [0.15, 0.2) is 0 Å². The second-order valence-electron chi connectivity index (χ2n) is 4.96. The first-order valence-corrected chi connectivity index (χ1v) is 9.30. The summed E-state index contributed by atoms with van der Waals surface area (Å²) in [4.78, 5) is 11.2. The number of amides is 1. The first-order valence-electron chi connectivity index (χ1n) is 6.74. The predicted molar refractivity (Wildman–Crippen MR) is 88.2 cm³/mol. The fourth-order valence-corrected chi connectivity index (χ4v) is 3.85. The Kier molecular flexibility index (Phi) is 6.83. The van der Waals surface area contributed by atoms with Crippen molar-refractivity contribution < 1.29 is 13.2 Å². The van der Waals surface area contributed by atoms with Crippen LogP contribution in [0, 0.1) is 0 Å². The number of halogens is 1. The molecule has 1 aromatic carbocycles. The highest BCUT2D eigenvalue weighted by Gasteiger charge is 2.26. The van der Waals surface area contributed by atoms with Crippen LogP contribution in [0.2, 0.25) is 0 Å². The average molecular weight is 377 g/mol. The van der Waals surface area contributed by atoms with Crippen molar-refractivity contribution in [3.8, 4) is 0 Å². The fraction of sp³-hybridized carbons (Fsp3) is 0.500. The van der Waals surface area contributed by atoms with Gasteiger partial charge in [0.1, 0.15) is 0 Å². The zero-order chi connectivity index (χ0) is 16.0. The number of alkyl halides is 1. The highest BCUT2D eigenvalue weighted by molar-refractivity contribution is 9.09. The molecular weight excluding hydrogens is 356 g/mol. The number of carbonyl (C=O) groups excluding carboxylic acids is 1. The second kappa shape index (κ2) is 7.91. The van der Waals surface area contributed by atoms with Crippen molar-refractivity contribution in [2.24, 2.45) is 0 Å². The molecule has 0 spiro atoms. The highest BCUT2D eigenvalue weighted by atomic mass is 79.9. The molecule has 7 heteroatoms. The lowest BCUT2D eigenvalue weighted by molar-refractivity contribution is -0.114. The Morgan fingerprint density at radius 1 is 1.29 bits per heavy atom. The van der Waals surface area contributed by atoms with E-state index in [1.807, 2.05) is 13.8 Å². The summed E-state index contributed by atoms with van der Waals surface area (Å²) in [5, 5.41) is 3.37. The van der Waals surface area contributed by atoms with E-state index in [0.29, 0.717) is 12.2 Å². The van der Waals surface area contributed by atoms with Gasteiger partial charge in [0.05, 0.1) is 4.90 Å². The quantitative estimate of drug-likeness (QED) is 0.743. The number of nitrogens with one attached hydrogen (secondary N) is 1. The third kappa shape index (κ3) is 5.09. The molecule has 0 aliphatic rings. The molecule has 0 saturated heterocycles. The van der Waals surface area contributed by atoms with E-state index in [4.69, 9.17) is 0 Å². The summed E-state index contributed by atoms with van der Waals surface area (Å²) < 4.78 is 26.8. The first-order chi connectivity index (χ1) is 9.78. The standard InChI is InChI=1S/C14H21BrN2O3S/c1-11(2)17(10-4-9-15)21(19,20)14-7-5-13(6-8-14)16-12(3)18/h5-8,11H,4,9-10H2,1-3H3,(H,16,18). The lowest BCUT2D eigenvalue weighted by Gasteiger charge is -2.25. The molecule has 1 N–H and O–H groups in total. The Morgan fingerprint density at radius 2 is 1.86 bits per heavy atom. The maximum absolute atomic E-state index is 12.6. The molecule has 118 valence electrons. The van der Waals surface area contributed by atoms with Crippen LogP contribution in [0.25, 0.3) is 0 Å². The molecule has 0 radical (unpaired) electrons. The van der Waals surface area contributed by atoms with Gasteiger partial charge >= 0.3 is 0 Å². The molecule has 1 aromatic rings. The van der Waals surface area contributed by atoms with Gasteiger partial charge in [0, 0.05) is 30.5 Å². The Hall–Kier alpha value is -0.920. The molecule has 21 heavy (non-hydrogen) atoms. The van der Waals surface area contributed by atoms with E-state index in [-0.39, 0.29) is 16.8 Å². The molecule has 0 saturated carbocycles. The van der Waals surface area contributed by atoms with Crippen molar-refractivity contribution in [2.45, 2.75) is 38.1 Å². The van der Waals surface area contributed by atoms with Gasteiger partial charge in [-0.05, 0) is 44.5 Å². The molecule has 1 amide bonds. The minimum atomic E-state index is -3.52. The van der Waals surface area contributed by atoms with Crippen LogP contribution < -0.4 is 5.32 Å². The summed E-state index contributed by atoms with van der Waals surface area (Å²) in [6.07, 6.45) is 0.751. The summed E-state index contributed by atoms with van der Waals surface area (Å²) in [5.41, 5.74) is 0.581. The minimum Gasteiger partial charge on any atom is -0.326 e. The monoisotopic (exact) mass is 376 g/mol. The molecule has 0 heterocycles. The van der Waals surface area contributed by atoms with Gasteiger partial charge in [0.25, 0.3) is 0 Å². The predicted octanol–water partition coefficient (Wildman–Crippen LogP) is 2.83. The van der Waals surface area contributed by atoms with E-state index in [9.17, 15) is 13.2 Å². The summed E-state index contributed by atoms with van der Waals surface area (Å²) >= 11 is 3.32. The van der Waals surface area contributed by atoms with Gasteiger partial charge in [-0.3, -0.25) is 4.79 Å². The van der Waals surface area contributed by atoms with Crippen LogP contribution in [0.4, 0.5) is 5.69 Å². The topological polar surface area (TPSA) is 66.5 Å². The highest BCUT2D eigenvalue weighted by Crippen LogP contribution is 2.20. The van der Waals surface area contributed by atoms with Crippen LogP contribution in [-0.2, 0) is 14.8 Å². The molecule has 0 atom stereocenters. The van der Waals surface area contributed by atoms with Crippen LogP contribution in [0.3, 0.4) is 0 Å². The van der Waals surface area contributed by atoms with Gasteiger partial charge in [-0.25, -0.2) is 8.42 Å². The lowest BCUT2D eigenvalue weighted by Crippen LogP contribution is -2.37. The van der Waals surface area contributed by atoms with Crippen molar-refractivity contribution >= 4 is 37.5 Å². The molecule has 1 rings (SSSR count). The number of carbonyl (C=O) groups is 1. The number of rotatable bonds is 7. The number of sulfonamides is 1. The van der Waals surface area contributed by atoms with Crippen molar-refractivity contribution in [1.82, 2.24) is 4.31 Å². The number of benzene rings is 1. The first kappa shape index (κ1) is 18.1. The summed E-state index contributed by atoms with van der Waals surface area (Å²) in [7, 11) is -3.52. The summed E-state index contributed by atoms with van der Waals surface area (Å²) in [5.74, 6) is -0.188. The van der Waals surface area contributed by atoms with Crippen LogP contribution in [0.15, 0.2) is 29.2 Å². The molecular formula is C14H21BrN2O3S. The number of hydrogen-bond acceptors (Lipinski definition) is 3. The molecule has 0 aromatic heterocycles. The SMILES string of the molecule is CC(=O)Nc1ccc(S(=O)(=O)N(CCCBr)C(C)C)cc1. The minimum absolute atomic E-state index is 0.107. The normalized spacial score (nSPS) is 11.9. The van der Waals surface area contributed by atoms with Crippen molar-refractivity contribution in [3.63, 3.8) is 0 Å². The zero-order valence-corrected chi connectivity index (χ0v) is 14.9. The Bertz CT molecular complexity index is 570. The third-order valence-corrected chi connectivity index (χ3v) is 5.52. The van der Waals surface area contributed by atoms with Crippen molar-refractivity contribution in [2.75, 3.05) is 17.2 Å². The molecule has 0 fully saturated rings. The van der Waals surface area contributed by atoms with E-state index in [1.165, 1.54) is 23.4 Å². The van der Waals surface area contributed by atoms with E-state index < -0.39 is 10.0 Å². The lowest BCUT2D eigenvalue weighted by atomic mass is 10.3.